The van der Waals surface area contributed by atoms with Crippen LogP contribution in [-0.2, 0) is 31.9 Å². The zero-order valence-electron chi connectivity index (χ0n) is 27.3. The maximum Gasteiger partial charge on any atom is 0.270 e. The van der Waals surface area contributed by atoms with Gasteiger partial charge >= 0.3 is 0 Å². The van der Waals surface area contributed by atoms with Gasteiger partial charge in [0.05, 0.1) is 24.7 Å². The number of hydrogen-bond acceptors (Lipinski definition) is 7. The normalized spacial score (nSPS) is 25.6. The number of carbonyl (C=O) groups excluding carboxylic acids is 2. The number of ether oxygens (including phenoxy) is 2. The Kier molecular flexibility index (Phi) is 10.1. The third-order valence-electron chi connectivity index (χ3n) is 8.98. The second-order valence-electron chi connectivity index (χ2n) is 12.6. The Labute approximate surface area is 274 Å². The van der Waals surface area contributed by atoms with Gasteiger partial charge in [0.2, 0.25) is 10.0 Å². The van der Waals surface area contributed by atoms with Gasteiger partial charge in [-0.3, -0.25) is 14.6 Å². The van der Waals surface area contributed by atoms with E-state index in [1.165, 1.54) is 16.4 Å². The van der Waals surface area contributed by atoms with Crippen molar-refractivity contribution >= 4 is 27.7 Å². The maximum atomic E-state index is 14.5. The van der Waals surface area contributed by atoms with Crippen LogP contribution in [0.5, 0.6) is 5.75 Å². The molecule has 0 radical (unpaired) electrons. The van der Waals surface area contributed by atoms with E-state index in [1.807, 2.05) is 19.9 Å². The number of aliphatic imine (C=N–C) groups is 1. The number of carbonyl (C=O) groups is 2. The van der Waals surface area contributed by atoms with E-state index in [1.54, 1.807) is 36.2 Å². The highest BCUT2D eigenvalue weighted by atomic mass is 32.2. The number of alkyl halides is 2. The van der Waals surface area contributed by atoms with Crippen molar-refractivity contribution in [1.82, 2.24) is 14.5 Å². The number of piperidine rings is 1. The van der Waals surface area contributed by atoms with Gasteiger partial charge in [-0.15, -0.1) is 0 Å². The second-order valence-corrected chi connectivity index (χ2v) is 14.7. The predicted molar refractivity (Wildman–Crippen MR) is 174 cm³/mol. The number of likely N-dealkylation sites (N-methyl/N-ethyl adjacent to an activating group) is 1. The number of fused-ring (bicyclic) bond motifs is 2. The Morgan fingerprint density at radius 1 is 0.979 bits per heavy atom. The molecule has 13 heteroatoms. The van der Waals surface area contributed by atoms with E-state index in [0.717, 1.165) is 18.1 Å². The molecule has 254 valence electrons. The van der Waals surface area contributed by atoms with Crippen molar-refractivity contribution in [2.24, 2.45) is 4.99 Å². The van der Waals surface area contributed by atoms with Gasteiger partial charge in [-0.05, 0) is 93.5 Å². The van der Waals surface area contributed by atoms with Crippen LogP contribution >= 0.6 is 0 Å². The fourth-order valence-electron chi connectivity index (χ4n) is 5.98. The Hall–Kier alpha value is -3.84. The van der Waals surface area contributed by atoms with Crippen LogP contribution in [0.2, 0.25) is 0 Å². The average molecular weight is 673 g/mol. The molecule has 1 fully saturated rings. The van der Waals surface area contributed by atoms with Crippen molar-refractivity contribution in [2.45, 2.75) is 64.3 Å². The monoisotopic (exact) mass is 672 g/mol. The average Bonchev–Trinajstić information content (AvgIpc) is 3.33. The molecule has 0 saturated carbocycles. The van der Waals surface area contributed by atoms with Crippen molar-refractivity contribution < 1.29 is 36.3 Å². The van der Waals surface area contributed by atoms with Crippen LogP contribution in [-0.4, -0.2) is 86.5 Å². The summed E-state index contributed by atoms with van der Waals surface area (Å²) in [7, 11) is -1.95. The van der Waals surface area contributed by atoms with Crippen molar-refractivity contribution in [3.63, 3.8) is 0 Å². The van der Waals surface area contributed by atoms with Gasteiger partial charge in [-0.1, -0.05) is 6.07 Å². The standard InChI is InChI=1S/C34H42F2N4O6S/c1-23-19-26-9-8-25(23)10-18-47(43,44)40-13-11-34(12-14-40)32(42)37-30(38-34)27-20-28(33(3,35)36)22-29(21-27)46-16-6-5-7-24(2)45-17-15-39(4)31(26)41/h7-9,19-22H,5-6,10-18H2,1-4H3,(H,37,38,42)/b24-7-. The van der Waals surface area contributed by atoms with E-state index in [-0.39, 0.29) is 73.7 Å². The van der Waals surface area contributed by atoms with Crippen molar-refractivity contribution in [3.8, 4) is 5.75 Å². The van der Waals surface area contributed by atoms with Gasteiger partial charge in [0.1, 0.15) is 23.7 Å². The lowest BCUT2D eigenvalue weighted by atomic mass is 9.89. The van der Waals surface area contributed by atoms with Gasteiger partial charge < -0.3 is 19.7 Å². The summed E-state index contributed by atoms with van der Waals surface area (Å²) in [5, 5.41) is 2.76. The van der Waals surface area contributed by atoms with E-state index in [9.17, 15) is 26.8 Å². The number of benzene rings is 2. The first-order valence-electron chi connectivity index (χ1n) is 15.9. The van der Waals surface area contributed by atoms with Gasteiger partial charge in [0.25, 0.3) is 17.7 Å². The summed E-state index contributed by atoms with van der Waals surface area (Å²) < 4.78 is 68.7. The zero-order chi connectivity index (χ0) is 34.0. The molecule has 7 bridgehead atoms. The molecule has 0 unspecified atom stereocenters. The van der Waals surface area contributed by atoms with E-state index < -0.39 is 21.5 Å². The molecule has 47 heavy (non-hydrogen) atoms. The molecule has 1 saturated heterocycles. The molecule has 1 N–H and O–H groups in total. The van der Waals surface area contributed by atoms with Gasteiger partial charge in [-0.25, -0.2) is 21.5 Å². The molecule has 7 rings (SSSR count). The Balaban J connectivity index is 1.41. The minimum absolute atomic E-state index is 0.102. The number of nitrogens with zero attached hydrogens (tertiary/aromatic N) is 3. The molecular formula is C34H42F2N4O6S. The van der Waals surface area contributed by atoms with Crippen molar-refractivity contribution in [2.75, 3.05) is 45.6 Å². The summed E-state index contributed by atoms with van der Waals surface area (Å²) in [4.78, 5) is 32.5. The molecule has 0 aromatic heterocycles. The van der Waals surface area contributed by atoms with Crippen LogP contribution in [0.25, 0.3) is 0 Å². The van der Waals surface area contributed by atoms with Crippen LogP contribution in [0, 0.1) is 6.92 Å². The highest BCUT2D eigenvalue weighted by Crippen LogP contribution is 2.35. The fourth-order valence-corrected chi connectivity index (χ4v) is 7.45. The number of allylic oxidation sites excluding steroid dienone is 2. The molecule has 1 spiro atoms. The van der Waals surface area contributed by atoms with E-state index in [2.05, 4.69) is 10.3 Å². The minimum atomic E-state index is -3.66. The molecule has 2 amide bonds. The number of rotatable bonds is 1. The third kappa shape index (κ3) is 8.01. The molecule has 0 aliphatic carbocycles. The molecule has 5 aliphatic rings. The van der Waals surface area contributed by atoms with Crippen LogP contribution in [0.3, 0.4) is 0 Å². The van der Waals surface area contributed by atoms with E-state index in [0.29, 0.717) is 42.9 Å². The first-order chi connectivity index (χ1) is 22.2. The summed E-state index contributed by atoms with van der Waals surface area (Å²) in [6.45, 7) is 5.61. The number of sulfonamides is 1. The number of nitrogens with one attached hydrogen (secondary N) is 1. The maximum absolute atomic E-state index is 14.5. The predicted octanol–water partition coefficient (Wildman–Crippen LogP) is 4.56. The highest BCUT2D eigenvalue weighted by molar-refractivity contribution is 7.89. The zero-order valence-corrected chi connectivity index (χ0v) is 28.1. The smallest absolute Gasteiger partial charge is 0.270 e. The summed E-state index contributed by atoms with van der Waals surface area (Å²) in [5.74, 6) is -2.74. The largest absolute Gasteiger partial charge is 0.497 e. The summed E-state index contributed by atoms with van der Waals surface area (Å²) in [6, 6.07) is 9.45. The first kappa shape index (κ1) is 34.5. The number of halogens is 2. The molecular weight excluding hydrogens is 630 g/mol. The van der Waals surface area contributed by atoms with Gasteiger partial charge in [0.15, 0.2) is 0 Å². The number of amides is 2. The fraction of sp³-hybridized carbons (Fsp3) is 0.500. The lowest BCUT2D eigenvalue weighted by molar-refractivity contribution is -0.124. The SMILES string of the molecule is C/C1=C/CCCOc2cc(cc(C(C)(F)F)c2)C2=NC3(CCN(CC3)S(=O)(=O)CCc3ccc(cc3C)C(=O)N(C)CCO1)C(=O)N2. The molecule has 10 nitrogen and oxygen atoms in total. The molecule has 2 aromatic carbocycles. The quantitative estimate of drug-likeness (QED) is 0.475. The van der Waals surface area contributed by atoms with Crippen LogP contribution in [0.1, 0.15) is 72.1 Å². The van der Waals surface area contributed by atoms with Crippen LogP contribution < -0.4 is 10.1 Å². The summed E-state index contributed by atoms with van der Waals surface area (Å²) in [5.41, 5.74) is 1.00. The first-order valence-corrected chi connectivity index (χ1v) is 17.5. The Morgan fingerprint density at radius 3 is 2.43 bits per heavy atom. The summed E-state index contributed by atoms with van der Waals surface area (Å²) in [6.07, 6.45) is 3.72. The number of aryl methyl sites for hydroxylation is 2. The number of amidine groups is 1. The van der Waals surface area contributed by atoms with Gasteiger partial charge in [0, 0.05) is 43.8 Å². The van der Waals surface area contributed by atoms with E-state index >= 15 is 0 Å². The van der Waals surface area contributed by atoms with Gasteiger partial charge in [-0.2, -0.15) is 0 Å². The molecule has 5 heterocycles. The number of hydrogen-bond donors (Lipinski definition) is 1. The Bertz CT molecular complexity index is 1690. The topological polar surface area (TPSA) is 118 Å². The molecule has 2 aromatic rings. The lowest BCUT2D eigenvalue weighted by Crippen LogP contribution is -2.50. The van der Waals surface area contributed by atoms with Crippen molar-refractivity contribution in [3.05, 3.63) is 76.1 Å². The summed E-state index contributed by atoms with van der Waals surface area (Å²) >= 11 is 0. The second kappa shape index (κ2) is 13.7. The Morgan fingerprint density at radius 2 is 1.72 bits per heavy atom. The van der Waals surface area contributed by atoms with Crippen LogP contribution in [0.15, 0.2) is 53.2 Å². The minimum Gasteiger partial charge on any atom is -0.497 e. The highest BCUT2D eigenvalue weighted by Gasteiger charge is 2.47. The molecule has 0 atom stereocenters. The lowest BCUT2D eigenvalue weighted by Gasteiger charge is -2.34. The third-order valence-corrected chi connectivity index (χ3v) is 10.9. The van der Waals surface area contributed by atoms with Crippen molar-refractivity contribution in [1.29, 1.82) is 0 Å². The molecule has 5 aliphatic heterocycles. The van der Waals surface area contributed by atoms with E-state index in [4.69, 9.17) is 9.47 Å². The van der Waals surface area contributed by atoms with Crippen LogP contribution in [0.4, 0.5) is 8.78 Å².